The van der Waals surface area contributed by atoms with Gasteiger partial charge >= 0.3 is 0 Å². The molecule has 90 valence electrons. The second-order valence-electron chi connectivity index (χ2n) is 5.87. The summed E-state index contributed by atoms with van der Waals surface area (Å²) in [6, 6.07) is 1.25. The Hall–Kier alpha value is -0.0800. The fourth-order valence-corrected chi connectivity index (χ4v) is 2.41. The van der Waals surface area contributed by atoms with Crippen LogP contribution >= 0.6 is 0 Å². The molecule has 1 heterocycles. The van der Waals surface area contributed by atoms with E-state index >= 15 is 0 Å². The summed E-state index contributed by atoms with van der Waals surface area (Å²) in [5.41, 5.74) is 0.553. The molecule has 0 aromatic heterocycles. The highest BCUT2D eigenvalue weighted by Crippen LogP contribution is 2.30. The van der Waals surface area contributed by atoms with Crippen molar-refractivity contribution in [3.05, 3.63) is 0 Å². The van der Waals surface area contributed by atoms with Gasteiger partial charge in [0.1, 0.15) is 0 Å². The summed E-state index contributed by atoms with van der Waals surface area (Å²) < 4.78 is 0. The second kappa shape index (κ2) is 5.31. The third-order valence-corrected chi connectivity index (χ3v) is 4.13. The van der Waals surface area contributed by atoms with E-state index in [1.165, 1.54) is 32.4 Å². The zero-order valence-corrected chi connectivity index (χ0v) is 11.1. The molecule has 1 aliphatic rings. The Kier molecular flexibility index (Phi) is 4.60. The van der Waals surface area contributed by atoms with Gasteiger partial charge in [0.15, 0.2) is 0 Å². The van der Waals surface area contributed by atoms with Gasteiger partial charge in [0.25, 0.3) is 0 Å². The first-order valence-corrected chi connectivity index (χ1v) is 6.37. The molecule has 0 radical (unpaired) electrons. The average Bonchev–Trinajstić information content (AvgIpc) is 2.37. The van der Waals surface area contributed by atoms with E-state index < -0.39 is 0 Å². The van der Waals surface area contributed by atoms with E-state index in [2.05, 4.69) is 45.0 Å². The van der Waals surface area contributed by atoms with Gasteiger partial charge in [-0.2, -0.15) is 0 Å². The summed E-state index contributed by atoms with van der Waals surface area (Å²) in [7, 11) is 2.06. The maximum Gasteiger partial charge on any atom is 0.0218 e. The molecular weight excluding hydrogens is 184 g/mol. The van der Waals surface area contributed by atoms with Crippen molar-refractivity contribution < 1.29 is 0 Å². The van der Waals surface area contributed by atoms with Gasteiger partial charge in [-0.15, -0.1) is 0 Å². The van der Waals surface area contributed by atoms with Crippen LogP contribution in [0.25, 0.3) is 0 Å². The molecule has 0 aliphatic carbocycles. The van der Waals surface area contributed by atoms with Crippen molar-refractivity contribution in [3.63, 3.8) is 0 Å². The summed E-state index contributed by atoms with van der Waals surface area (Å²) in [5.74, 6) is 0. The minimum absolute atomic E-state index is 0.553. The predicted octanol–water partition coefficient (Wildman–Crippen LogP) is 2.49. The minimum atomic E-state index is 0.553. The third kappa shape index (κ3) is 3.76. The monoisotopic (exact) mass is 212 g/mol. The highest BCUT2D eigenvalue weighted by Gasteiger charge is 2.26. The van der Waals surface area contributed by atoms with Crippen LogP contribution in [0.3, 0.4) is 0 Å². The summed E-state index contributed by atoms with van der Waals surface area (Å²) in [6.07, 6.45) is 4.08. The molecule has 0 aromatic carbocycles. The third-order valence-electron chi connectivity index (χ3n) is 4.13. The molecule has 1 saturated heterocycles. The minimum Gasteiger partial charge on any atom is -0.316 e. The first kappa shape index (κ1) is 13.0. The van der Waals surface area contributed by atoms with Gasteiger partial charge in [-0.3, -0.25) is 4.90 Å². The van der Waals surface area contributed by atoms with Crippen molar-refractivity contribution in [2.75, 3.05) is 20.1 Å². The molecular formula is C13H28N2. The van der Waals surface area contributed by atoms with Crippen LogP contribution in [0.2, 0.25) is 0 Å². The van der Waals surface area contributed by atoms with Gasteiger partial charge in [-0.1, -0.05) is 13.8 Å². The lowest BCUT2D eigenvalue weighted by molar-refractivity contribution is 0.177. The van der Waals surface area contributed by atoms with Crippen LogP contribution in [-0.2, 0) is 0 Å². The van der Waals surface area contributed by atoms with Gasteiger partial charge in [-0.05, 0) is 58.7 Å². The van der Waals surface area contributed by atoms with Crippen molar-refractivity contribution in [1.82, 2.24) is 10.2 Å². The normalized spacial score (nSPS) is 27.0. The standard InChI is InChI=1S/C13H28N2/c1-11(14-5)12(2)15-9-6-7-13(3,4)8-10-15/h11-12,14H,6-10H2,1-5H3. The molecule has 2 heteroatoms. The van der Waals surface area contributed by atoms with E-state index in [4.69, 9.17) is 0 Å². The number of hydrogen-bond donors (Lipinski definition) is 1. The Morgan fingerprint density at radius 1 is 1.13 bits per heavy atom. The maximum atomic E-state index is 3.36. The van der Waals surface area contributed by atoms with Crippen LogP contribution < -0.4 is 5.32 Å². The molecule has 0 amide bonds. The van der Waals surface area contributed by atoms with Gasteiger partial charge in [0.05, 0.1) is 0 Å². The molecule has 2 atom stereocenters. The summed E-state index contributed by atoms with van der Waals surface area (Å²) >= 11 is 0. The van der Waals surface area contributed by atoms with Crippen molar-refractivity contribution in [2.45, 2.75) is 59.0 Å². The Morgan fingerprint density at radius 2 is 1.80 bits per heavy atom. The zero-order chi connectivity index (χ0) is 11.5. The lowest BCUT2D eigenvalue weighted by atomic mass is 9.85. The van der Waals surface area contributed by atoms with Crippen LogP contribution in [0.15, 0.2) is 0 Å². The zero-order valence-electron chi connectivity index (χ0n) is 11.1. The molecule has 1 aliphatic heterocycles. The average molecular weight is 212 g/mol. The molecule has 0 spiro atoms. The lowest BCUT2D eigenvalue weighted by Crippen LogP contribution is -2.46. The lowest BCUT2D eigenvalue weighted by Gasteiger charge is -2.32. The van der Waals surface area contributed by atoms with E-state index in [-0.39, 0.29) is 0 Å². The van der Waals surface area contributed by atoms with Crippen LogP contribution in [-0.4, -0.2) is 37.1 Å². The SMILES string of the molecule is CNC(C)C(C)N1CCCC(C)(C)CC1. The van der Waals surface area contributed by atoms with E-state index in [1.54, 1.807) is 0 Å². The Balaban J connectivity index is 2.50. The van der Waals surface area contributed by atoms with E-state index in [0.29, 0.717) is 17.5 Å². The Labute approximate surface area is 95.4 Å². The van der Waals surface area contributed by atoms with Crippen molar-refractivity contribution in [2.24, 2.45) is 5.41 Å². The number of hydrogen-bond acceptors (Lipinski definition) is 2. The summed E-state index contributed by atoms with van der Waals surface area (Å²) in [6.45, 7) is 12.0. The fraction of sp³-hybridized carbons (Fsp3) is 1.00. The molecule has 1 rings (SSSR count). The molecule has 2 nitrogen and oxygen atoms in total. The maximum absolute atomic E-state index is 3.36. The van der Waals surface area contributed by atoms with E-state index in [1.807, 2.05) is 0 Å². The van der Waals surface area contributed by atoms with Gasteiger partial charge in [0, 0.05) is 12.1 Å². The van der Waals surface area contributed by atoms with Crippen molar-refractivity contribution in [3.8, 4) is 0 Å². The first-order valence-electron chi connectivity index (χ1n) is 6.37. The molecule has 0 bridgehead atoms. The van der Waals surface area contributed by atoms with Gasteiger partial charge in [0.2, 0.25) is 0 Å². The molecule has 1 fully saturated rings. The number of rotatable bonds is 3. The van der Waals surface area contributed by atoms with E-state index in [9.17, 15) is 0 Å². The topological polar surface area (TPSA) is 15.3 Å². The van der Waals surface area contributed by atoms with Crippen LogP contribution in [0.1, 0.15) is 47.0 Å². The number of likely N-dealkylation sites (tertiary alicyclic amines) is 1. The Morgan fingerprint density at radius 3 is 2.40 bits per heavy atom. The van der Waals surface area contributed by atoms with E-state index in [0.717, 1.165) is 0 Å². The summed E-state index contributed by atoms with van der Waals surface area (Å²) in [4.78, 5) is 2.65. The molecule has 2 unspecified atom stereocenters. The first-order chi connectivity index (χ1) is 6.96. The van der Waals surface area contributed by atoms with Crippen LogP contribution in [0.5, 0.6) is 0 Å². The van der Waals surface area contributed by atoms with Crippen molar-refractivity contribution >= 4 is 0 Å². The number of likely N-dealkylation sites (N-methyl/N-ethyl adjacent to an activating group) is 1. The van der Waals surface area contributed by atoms with Crippen molar-refractivity contribution in [1.29, 1.82) is 0 Å². The van der Waals surface area contributed by atoms with Gasteiger partial charge < -0.3 is 5.32 Å². The largest absolute Gasteiger partial charge is 0.316 e. The molecule has 0 saturated carbocycles. The fourth-order valence-electron chi connectivity index (χ4n) is 2.41. The molecule has 0 aromatic rings. The summed E-state index contributed by atoms with van der Waals surface area (Å²) in [5, 5.41) is 3.36. The predicted molar refractivity (Wildman–Crippen MR) is 67.2 cm³/mol. The highest BCUT2D eigenvalue weighted by atomic mass is 15.2. The second-order valence-corrected chi connectivity index (χ2v) is 5.87. The molecule has 1 N–H and O–H groups in total. The smallest absolute Gasteiger partial charge is 0.0218 e. The molecule has 15 heavy (non-hydrogen) atoms. The van der Waals surface area contributed by atoms with Crippen LogP contribution in [0, 0.1) is 5.41 Å². The van der Waals surface area contributed by atoms with Gasteiger partial charge in [-0.25, -0.2) is 0 Å². The van der Waals surface area contributed by atoms with Crippen LogP contribution in [0.4, 0.5) is 0 Å². The number of nitrogens with zero attached hydrogens (tertiary/aromatic N) is 1. The quantitative estimate of drug-likeness (QED) is 0.773. The number of nitrogens with one attached hydrogen (secondary N) is 1. The Bertz CT molecular complexity index is 189. The highest BCUT2D eigenvalue weighted by molar-refractivity contribution is 4.82.